The molecule has 1 aromatic carbocycles. The first-order valence-corrected chi connectivity index (χ1v) is 5.78. The van der Waals surface area contributed by atoms with Gasteiger partial charge in [0.25, 0.3) is 0 Å². The minimum atomic E-state index is -0.337. The van der Waals surface area contributed by atoms with Gasteiger partial charge in [-0.2, -0.15) is 0 Å². The van der Waals surface area contributed by atoms with Crippen molar-refractivity contribution in [2.75, 3.05) is 14.2 Å². The summed E-state index contributed by atoms with van der Waals surface area (Å²) in [7, 11) is 2.94. The first-order valence-electron chi connectivity index (χ1n) is 5.78. The predicted octanol–water partition coefficient (Wildman–Crippen LogP) is 2.27. The van der Waals surface area contributed by atoms with Crippen molar-refractivity contribution in [1.82, 2.24) is 0 Å². The van der Waals surface area contributed by atoms with Crippen LogP contribution in [0.5, 0.6) is 11.5 Å². The highest BCUT2D eigenvalue weighted by Crippen LogP contribution is 2.38. The lowest BCUT2D eigenvalue weighted by Gasteiger charge is -2.13. The fourth-order valence-electron chi connectivity index (χ4n) is 1.92. The van der Waals surface area contributed by atoms with Gasteiger partial charge in [0.1, 0.15) is 0 Å². The van der Waals surface area contributed by atoms with Crippen LogP contribution in [-0.4, -0.2) is 19.8 Å². The SMILES string of the molecule is COc1ccc(CCC2(N)CC2)c(F)c1OC. The molecule has 1 saturated carbocycles. The summed E-state index contributed by atoms with van der Waals surface area (Å²) >= 11 is 0. The molecule has 0 amide bonds. The zero-order valence-corrected chi connectivity index (χ0v) is 10.3. The Bertz CT molecular complexity index is 416. The zero-order chi connectivity index (χ0) is 12.5. The van der Waals surface area contributed by atoms with Gasteiger partial charge in [0.05, 0.1) is 14.2 Å². The average molecular weight is 239 g/mol. The first-order chi connectivity index (χ1) is 8.09. The smallest absolute Gasteiger partial charge is 0.197 e. The van der Waals surface area contributed by atoms with Crippen LogP contribution in [0.3, 0.4) is 0 Å². The number of rotatable bonds is 5. The summed E-state index contributed by atoms with van der Waals surface area (Å²) in [5.41, 5.74) is 6.58. The van der Waals surface area contributed by atoms with Crippen LogP contribution in [0, 0.1) is 5.82 Å². The van der Waals surface area contributed by atoms with Gasteiger partial charge in [0, 0.05) is 5.54 Å². The average Bonchev–Trinajstić information content (AvgIpc) is 3.05. The van der Waals surface area contributed by atoms with Crippen LogP contribution in [0.1, 0.15) is 24.8 Å². The molecule has 94 valence electrons. The highest BCUT2D eigenvalue weighted by molar-refractivity contribution is 5.44. The second-order valence-corrected chi connectivity index (χ2v) is 4.64. The van der Waals surface area contributed by atoms with E-state index in [4.69, 9.17) is 15.2 Å². The van der Waals surface area contributed by atoms with E-state index in [1.165, 1.54) is 14.2 Å². The molecule has 1 fully saturated rings. The molecule has 1 aliphatic carbocycles. The number of hydrogen-bond donors (Lipinski definition) is 1. The van der Waals surface area contributed by atoms with E-state index in [1.807, 2.05) is 0 Å². The predicted molar refractivity (Wildman–Crippen MR) is 64.0 cm³/mol. The minimum Gasteiger partial charge on any atom is -0.493 e. The molecule has 3 nitrogen and oxygen atoms in total. The van der Waals surface area contributed by atoms with Gasteiger partial charge in [0.15, 0.2) is 17.3 Å². The summed E-state index contributed by atoms with van der Waals surface area (Å²) < 4.78 is 24.1. The lowest BCUT2D eigenvalue weighted by atomic mass is 10.0. The van der Waals surface area contributed by atoms with Gasteiger partial charge < -0.3 is 15.2 Å². The van der Waals surface area contributed by atoms with E-state index in [9.17, 15) is 4.39 Å². The van der Waals surface area contributed by atoms with Crippen molar-refractivity contribution in [2.24, 2.45) is 5.73 Å². The Balaban J connectivity index is 2.16. The van der Waals surface area contributed by atoms with E-state index >= 15 is 0 Å². The maximum atomic E-state index is 14.1. The summed E-state index contributed by atoms with van der Waals surface area (Å²) in [6.07, 6.45) is 3.55. The fraction of sp³-hybridized carbons (Fsp3) is 0.538. The van der Waals surface area contributed by atoms with E-state index in [2.05, 4.69) is 0 Å². The van der Waals surface area contributed by atoms with E-state index < -0.39 is 0 Å². The van der Waals surface area contributed by atoms with Crippen LogP contribution in [0.4, 0.5) is 4.39 Å². The number of nitrogens with two attached hydrogens (primary N) is 1. The molecule has 0 heterocycles. The molecule has 0 unspecified atom stereocenters. The van der Waals surface area contributed by atoms with Crippen LogP contribution in [-0.2, 0) is 6.42 Å². The third-order valence-corrected chi connectivity index (χ3v) is 3.35. The molecule has 4 heteroatoms. The Kier molecular flexibility index (Phi) is 3.24. The Morgan fingerprint density at radius 3 is 2.53 bits per heavy atom. The number of halogens is 1. The molecule has 2 rings (SSSR count). The van der Waals surface area contributed by atoms with Crippen molar-refractivity contribution < 1.29 is 13.9 Å². The summed E-state index contributed by atoms with van der Waals surface area (Å²) in [5.74, 6) is 0.255. The summed E-state index contributed by atoms with van der Waals surface area (Å²) in [6.45, 7) is 0. The Labute approximate surface area is 101 Å². The van der Waals surface area contributed by atoms with Crippen LogP contribution in [0.15, 0.2) is 12.1 Å². The number of methoxy groups -OCH3 is 2. The molecule has 1 aromatic rings. The number of benzene rings is 1. The molecule has 0 aromatic heterocycles. The molecule has 1 aliphatic rings. The number of aryl methyl sites for hydroxylation is 1. The second kappa shape index (κ2) is 4.53. The van der Waals surface area contributed by atoms with Crippen molar-refractivity contribution in [1.29, 1.82) is 0 Å². The van der Waals surface area contributed by atoms with Gasteiger partial charge in [-0.1, -0.05) is 6.07 Å². The third-order valence-electron chi connectivity index (χ3n) is 3.35. The maximum absolute atomic E-state index is 14.1. The summed E-state index contributed by atoms with van der Waals surface area (Å²) in [5, 5.41) is 0. The molecule has 0 radical (unpaired) electrons. The molecule has 0 spiro atoms. The van der Waals surface area contributed by atoms with Crippen LogP contribution >= 0.6 is 0 Å². The Morgan fingerprint density at radius 1 is 1.29 bits per heavy atom. The lowest BCUT2D eigenvalue weighted by molar-refractivity contribution is 0.335. The Hall–Kier alpha value is -1.29. The van der Waals surface area contributed by atoms with Crippen molar-refractivity contribution in [3.8, 4) is 11.5 Å². The standard InChI is InChI=1S/C13H18FNO2/c1-16-10-4-3-9(11(14)12(10)17-2)5-6-13(15)7-8-13/h3-4H,5-8,15H2,1-2H3. The Morgan fingerprint density at radius 2 is 2.00 bits per heavy atom. The molecule has 0 aliphatic heterocycles. The number of ether oxygens (including phenoxy) is 2. The van der Waals surface area contributed by atoms with Crippen molar-refractivity contribution in [3.05, 3.63) is 23.5 Å². The van der Waals surface area contributed by atoms with Gasteiger partial charge in [-0.05, 0) is 37.3 Å². The van der Waals surface area contributed by atoms with E-state index in [0.29, 0.717) is 17.7 Å². The van der Waals surface area contributed by atoms with Gasteiger partial charge in [-0.25, -0.2) is 4.39 Å². The minimum absolute atomic E-state index is 0.0559. The fourth-order valence-corrected chi connectivity index (χ4v) is 1.92. The molecule has 0 saturated heterocycles. The summed E-state index contributed by atoms with van der Waals surface area (Å²) in [4.78, 5) is 0. The third kappa shape index (κ3) is 2.52. The van der Waals surface area contributed by atoms with Crippen LogP contribution < -0.4 is 15.2 Å². The van der Waals surface area contributed by atoms with Crippen LogP contribution in [0.2, 0.25) is 0 Å². The van der Waals surface area contributed by atoms with E-state index in [1.54, 1.807) is 12.1 Å². The van der Waals surface area contributed by atoms with Crippen molar-refractivity contribution in [2.45, 2.75) is 31.2 Å². The van der Waals surface area contributed by atoms with Gasteiger partial charge in [0.2, 0.25) is 0 Å². The van der Waals surface area contributed by atoms with Crippen LogP contribution in [0.25, 0.3) is 0 Å². The molecular weight excluding hydrogens is 221 g/mol. The van der Waals surface area contributed by atoms with Gasteiger partial charge in [-0.15, -0.1) is 0 Å². The molecule has 17 heavy (non-hydrogen) atoms. The maximum Gasteiger partial charge on any atom is 0.197 e. The molecular formula is C13H18FNO2. The van der Waals surface area contributed by atoms with Gasteiger partial charge >= 0.3 is 0 Å². The second-order valence-electron chi connectivity index (χ2n) is 4.64. The highest BCUT2D eigenvalue weighted by Gasteiger charge is 2.37. The van der Waals surface area contributed by atoms with E-state index in [-0.39, 0.29) is 17.1 Å². The van der Waals surface area contributed by atoms with Crippen molar-refractivity contribution >= 4 is 0 Å². The van der Waals surface area contributed by atoms with Gasteiger partial charge in [-0.3, -0.25) is 0 Å². The topological polar surface area (TPSA) is 44.5 Å². The highest BCUT2D eigenvalue weighted by atomic mass is 19.1. The monoisotopic (exact) mass is 239 g/mol. The zero-order valence-electron chi connectivity index (χ0n) is 10.3. The summed E-state index contributed by atoms with van der Waals surface area (Å²) in [6, 6.07) is 3.47. The normalized spacial score (nSPS) is 16.7. The lowest BCUT2D eigenvalue weighted by Crippen LogP contribution is -2.22. The van der Waals surface area contributed by atoms with Crippen molar-refractivity contribution in [3.63, 3.8) is 0 Å². The quantitative estimate of drug-likeness (QED) is 0.857. The van der Waals surface area contributed by atoms with E-state index in [0.717, 1.165) is 19.3 Å². The molecule has 0 bridgehead atoms. The largest absolute Gasteiger partial charge is 0.493 e. The molecule has 0 atom stereocenters. The molecule has 2 N–H and O–H groups in total. The number of hydrogen-bond acceptors (Lipinski definition) is 3. The first kappa shape index (κ1) is 12.2.